The van der Waals surface area contributed by atoms with Gasteiger partial charge in [0.1, 0.15) is 24.7 Å². The first-order valence-corrected chi connectivity index (χ1v) is 9.03. The normalized spacial score (nSPS) is 18.6. The highest BCUT2D eigenvalue weighted by atomic mass is 16.5. The van der Waals surface area contributed by atoms with Crippen LogP contribution < -0.4 is 4.74 Å². The Morgan fingerprint density at radius 1 is 0.962 bits per heavy atom. The third-order valence-electron chi connectivity index (χ3n) is 5.00. The largest absolute Gasteiger partial charge is 0.485 e. The maximum Gasteiger partial charge on any atom is 0.130 e. The van der Waals surface area contributed by atoms with Gasteiger partial charge in [0.25, 0.3) is 0 Å². The van der Waals surface area contributed by atoms with E-state index in [1.165, 1.54) is 11.1 Å². The number of hydrogen-bond donors (Lipinski definition) is 0. The van der Waals surface area contributed by atoms with Gasteiger partial charge in [0.2, 0.25) is 0 Å². The van der Waals surface area contributed by atoms with E-state index in [0.29, 0.717) is 0 Å². The van der Waals surface area contributed by atoms with Crippen LogP contribution >= 0.6 is 0 Å². The molecule has 0 N–H and O–H groups in total. The van der Waals surface area contributed by atoms with Crippen LogP contribution in [-0.2, 0) is 6.54 Å². The summed E-state index contributed by atoms with van der Waals surface area (Å²) in [6.45, 7) is 2.07. The van der Waals surface area contributed by atoms with Gasteiger partial charge in [-0.15, -0.1) is 0 Å². The molecule has 0 fully saturated rings. The van der Waals surface area contributed by atoms with Crippen LogP contribution in [0.5, 0.6) is 5.75 Å². The molecule has 1 unspecified atom stereocenters. The van der Waals surface area contributed by atoms with Gasteiger partial charge >= 0.3 is 0 Å². The van der Waals surface area contributed by atoms with Gasteiger partial charge in [-0.2, -0.15) is 0 Å². The first-order chi connectivity index (χ1) is 12.6. The molecule has 0 saturated heterocycles. The Bertz CT molecular complexity index is 878. The average Bonchev–Trinajstić information content (AvgIpc) is 2.78. The summed E-state index contributed by atoms with van der Waals surface area (Å²) in [6.07, 6.45) is 6.37. The zero-order valence-corrected chi connectivity index (χ0v) is 15.3. The first-order valence-electron chi connectivity index (χ1n) is 9.03. The summed E-state index contributed by atoms with van der Waals surface area (Å²) in [7, 11) is 4.57. The quantitative estimate of drug-likeness (QED) is 0.665. The number of fused-ring (bicyclic) bond motifs is 1. The molecular formula is C22H24N3O+. The van der Waals surface area contributed by atoms with Crippen molar-refractivity contribution in [2.45, 2.75) is 19.1 Å². The van der Waals surface area contributed by atoms with Crippen LogP contribution in [0.1, 0.15) is 23.7 Å². The molecule has 1 aliphatic heterocycles. The summed E-state index contributed by atoms with van der Waals surface area (Å²) in [5.41, 5.74) is 4.84. The Hall–Kier alpha value is -2.72. The maximum absolute atomic E-state index is 6.37. The SMILES string of the molecule is C[N+]1(C)CCC(Oc2ccccc2)c2ccc(-c3cncnc3)cc2C1. The molecule has 0 aliphatic carbocycles. The van der Waals surface area contributed by atoms with Crippen LogP contribution in [0.3, 0.4) is 0 Å². The van der Waals surface area contributed by atoms with Crippen LogP contribution in [0.2, 0.25) is 0 Å². The van der Waals surface area contributed by atoms with E-state index in [2.05, 4.69) is 42.3 Å². The molecule has 0 bridgehead atoms. The fourth-order valence-corrected chi connectivity index (χ4v) is 3.63. The lowest BCUT2D eigenvalue weighted by molar-refractivity contribution is -0.903. The minimum atomic E-state index is 0.0772. The second-order valence-electron chi connectivity index (χ2n) is 7.57. The average molecular weight is 346 g/mol. The molecule has 4 nitrogen and oxygen atoms in total. The van der Waals surface area contributed by atoms with E-state index in [4.69, 9.17) is 4.74 Å². The highest BCUT2D eigenvalue weighted by Crippen LogP contribution is 2.34. The molecule has 0 saturated carbocycles. The van der Waals surface area contributed by atoms with Crippen molar-refractivity contribution in [3.05, 3.63) is 78.4 Å². The van der Waals surface area contributed by atoms with E-state index in [-0.39, 0.29) is 6.10 Å². The lowest BCUT2D eigenvalue weighted by Gasteiger charge is -2.28. The topological polar surface area (TPSA) is 35.0 Å². The van der Waals surface area contributed by atoms with Gasteiger partial charge in [-0.1, -0.05) is 30.3 Å². The first kappa shape index (κ1) is 16.7. The Labute approximate surface area is 154 Å². The molecule has 4 heteroatoms. The van der Waals surface area contributed by atoms with Gasteiger partial charge < -0.3 is 9.22 Å². The number of benzene rings is 2. The summed E-state index contributed by atoms with van der Waals surface area (Å²) in [5.74, 6) is 0.927. The van der Waals surface area contributed by atoms with Crippen molar-refractivity contribution in [1.29, 1.82) is 0 Å². The Kier molecular flexibility index (Phi) is 4.43. The van der Waals surface area contributed by atoms with Gasteiger partial charge in [0.05, 0.1) is 20.6 Å². The van der Waals surface area contributed by atoms with Crippen LogP contribution in [0.25, 0.3) is 11.1 Å². The standard InChI is InChI=1S/C22H24N3O/c1-25(2)11-10-22(26-20-6-4-3-5-7-20)21-9-8-17(12-18(21)15-25)19-13-23-16-24-14-19/h3-9,12-14,16,22H,10-11,15H2,1-2H3/q+1. The minimum absolute atomic E-state index is 0.0772. The predicted molar refractivity (Wildman–Crippen MR) is 103 cm³/mol. The van der Waals surface area contributed by atoms with Gasteiger partial charge in [-0.25, -0.2) is 9.97 Å². The molecule has 132 valence electrons. The fraction of sp³-hybridized carbons (Fsp3) is 0.273. The van der Waals surface area contributed by atoms with Crippen molar-refractivity contribution in [2.75, 3.05) is 20.6 Å². The van der Waals surface area contributed by atoms with Crippen molar-refractivity contribution >= 4 is 0 Å². The van der Waals surface area contributed by atoms with Gasteiger partial charge in [0, 0.05) is 35.5 Å². The summed E-state index contributed by atoms with van der Waals surface area (Å²) < 4.78 is 7.32. The van der Waals surface area contributed by atoms with Crippen LogP contribution in [0, 0.1) is 0 Å². The summed E-state index contributed by atoms with van der Waals surface area (Å²) >= 11 is 0. The molecule has 1 atom stereocenters. The van der Waals surface area contributed by atoms with Gasteiger partial charge in [-0.3, -0.25) is 0 Å². The third kappa shape index (κ3) is 3.60. The molecule has 26 heavy (non-hydrogen) atoms. The molecule has 1 aromatic heterocycles. The second kappa shape index (κ2) is 6.89. The summed E-state index contributed by atoms with van der Waals surface area (Å²) in [4.78, 5) is 8.30. The van der Waals surface area contributed by atoms with E-state index < -0.39 is 0 Å². The number of para-hydroxylation sites is 1. The lowest BCUT2D eigenvalue weighted by Crippen LogP contribution is -2.38. The molecular weight excluding hydrogens is 322 g/mol. The highest BCUT2D eigenvalue weighted by Gasteiger charge is 2.29. The number of quaternary nitrogens is 1. The van der Waals surface area contributed by atoms with Gasteiger partial charge in [0.15, 0.2) is 0 Å². The molecule has 2 aromatic carbocycles. The molecule has 1 aliphatic rings. The molecule has 0 radical (unpaired) electrons. The number of rotatable bonds is 3. The van der Waals surface area contributed by atoms with Crippen LogP contribution in [-0.4, -0.2) is 35.1 Å². The Morgan fingerprint density at radius 2 is 1.73 bits per heavy atom. The Morgan fingerprint density at radius 3 is 2.50 bits per heavy atom. The monoisotopic (exact) mass is 346 g/mol. The minimum Gasteiger partial charge on any atom is -0.485 e. The van der Waals surface area contributed by atoms with Crippen molar-refractivity contribution in [3.8, 4) is 16.9 Å². The van der Waals surface area contributed by atoms with Crippen molar-refractivity contribution in [3.63, 3.8) is 0 Å². The zero-order chi connectivity index (χ0) is 18.0. The number of hydrogen-bond acceptors (Lipinski definition) is 3. The number of aromatic nitrogens is 2. The van der Waals surface area contributed by atoms with Crippen molar-refractivity contribution in [2.24, 2.45) is 0 Å². The smallest absolute Gasteiger partial charge is 0.130 e. The van der Waals surface area contributed by atoms with E-state index >= 15 is 0 Å². The third-order valence-corrected chi connectivity index (χ3v) is 5.00. The van der Waals surface area contributed by atoms with E-state index in [1.807, 2.05) is 42.7 Å². The van der Waals surface area contributed by atoms with E-state index in [9.17, 15) is 0 Å². The van der Waals surface area contributed by atoms with Gasteiger partial charge in [-0.05, 0) is 23.8 Å². The van der Waals surface area contributed by atoms with Crippen LogP contribution in [0.4, 0.5) is 0 Å². The van der Waals surface area contributed by atoms with Crippen molar-refractivity contribution < 1.29 is 9.22 Å². The fourth-order valence-electron chi connectivity index (χ4n) is 3.63. The van der Waals surface area contributed by atoms with E-state index in [1.54, 1.807) is 6.33 Å². The number of nitrogens with zero attached hydrogens (tertiary/aromatic N) is 3. The molecule has 4 rings (SSSR count). The highest BCUT2D eigenvalue weighted by molar-refractivity contribution is 5.63. The molecule has 0 spiro atoms. The molecule has 3 aromatic rings. The summed E-state index contributed by atoms with van der Waals surface area (Å²) in [6, 6.07) is 16.8. The maximum atomic E-state index is 6.37. The van der Waals surface area contributed by atoms with Crippen molar-refractivity contribution in [1.82, 2.24) is 9.97 Å². The Balaban J connectivity index is 1.72. The summed E-state index contributed by atoms with van der Waals surface area (Å²) in [5, 5.41) is 0. The molecule has 0 amide bonds. The number of ether oxygens (including phenoxy) is 1. The predicted octanol–water partition coefficient (Wildman–Crippen LogP) is 4.24. The van der Waals surface area contributed by atoms with E-state index in [0.717, 1.165) is 40.9 Å². The van der Waals surface area contributed by atoms with Crippen LogP contribution in [0.15, 0.2) is 67.3 Å². The molecule has 2 heterocycles. The lowest BCUT2D eigenvalue weighted by atomic mass is 9.97. The zero-order valence-electron chi connectivity index (χ0n) is 15.3. The second-order valence-corrected chi connectivity index (χ2v) is 7.57.